The Morgan fingerprint density at radius 3 is 1.68 bits per heavy atom. The number of alkyl carbamates (subject to hydrolysis) is 1. The maximum Gasteiger partial charge on any atom is 0.409 e. The second kappa shape index (κ2) is 25.9. The van der Waals surface area contributed by atoms with Gasteiger partial charge in [-0.15, -0.1) is 0 Å². The summed E-state index contributed by atoms with van der Waals surface area (Å²) in [5.41, 5.74) is 1.79. The molecule has 2 saturated heterocycles. The molecule has 0 bridgehead atoms. The molecule has 0 aromatic heterocycles. The van der Waals surface area contributed by atoms with Crippen LogP contribution in [0.5, 0.6) is 0 Å². The van der Waals surface area contributed by atoms with Crippen molar-refractivity contribution in [2.75, 3.05) is 118 Å². The van der Waals surface area contributed by atoms with Crippen LogP contribution in [0.15, 0.2) is 24.3 Å². The third kappa shape index (κ3) is 20.3. The van der Waals surface area contributed by atoms with Gasteiger partial charge in [-0.3, -0.25) is 9.80 Å². The van der Waals surface area contributed by atoms with Gasteiger partial charge in [-0.05, 0) is 103 Å². The first-order valence-corrected chi connectivity index (χ1v) is 19.7. The van der Waals surface area contributed by atoms with Gasteiger partial charge in [0.05, 0.1) is 7.11 Å². The summed E-state index contributed by atoms with van der Waals surface area (Å²) < 4.78 is 15.7. The molecular weight excluding hydrogens is 678 g/mol. The van der Waals surface area contributed by atoms with Crippen molar-refractivity contribution >= 4 is 18.2 Å². The van der Waals surface area contributed by atoms with Gasteiger partial charge in [0.2, 0.25) is 0 Å². The molecule has 53 heavy (non-hydrogen) atoms. The minimum atomic E-state index is -1.19. The van der Waals surface area contributed by atoms with Crippen LogP contribution in [0.2, 0.25) is 0 Å². The number of carbonyl (C=O) groups excluding carboxylic acids is 3. The number of methoxy groups -OCH3 is 1. The SMILES string of the molecule is COC(=O)C(COC(=O)N1CCCNCCNCCCN(Cc2ccc(CN3CCCNCCNCCCNCC3)cc2)CC1)NC(=O)OC(C)(C)C. The molecule has 6 N–H and O–H groups in total. The van der Waals surface area contributed by atoms with Crippen molar-refractivity contribution < 1.29 is 28.6 Å². The Balaban J connectivity index is 1.60. The average Bonchev–Trinajstić information content (AvgIpc) is 3.12. The number of hydrogen-bond acceptors (Lipinski definition) is 13. The highest BCUT2D eigenvalue weighted by Gasteiger charge is 2.28. The number of benzene rings is 1. The minimum absolute atomic E-state index is 0.371. The maximum atomic E-state index is 13.4. The van der Waals surface area contributed by atoms with Crippen molar-refractivity contribution in [3.05, 3.63) is 35.4 Å². The Hall–Kier alpha value is -3.05. The Labute approximate surface area is 318 Å². The van der Waals surface area contributed by atoms with E-state index in [-0.39, 0.29) is 6.61 Å². The predicted octanol–water partition coefficient (Wildman–Crippen LogP) is 1.33. The van der Waals surface area contributed by atoms with E-state index in [0.29, 0.717) is 19.6 Å². The van der Waals surface area contributed by atoms with Crippen molar-refractivity contribution in [2.24, 2.45) is 0 Å². The fourth-order valence-corrected chi connectivity index (χ4v) is 6.17. The molecule has 2 aliphatic rings. The van der Waals surface area contributed by atoms with Crippen molar-refractivity contribution in [1.82, 2.24) is 46.6 Å². The molecule has 3 rings (SSSR count). The number of rotatable bonds is 8. The van der Waals surface area contributed by atoms with Crippen LogP contribution < -0.4 is 31.9 Å². The summed E-state index contributed by atoms with van der Waals surface area (Å²) in [4.78, 5) is 44.8. The molecule has 0 saturated carbocycles. The van der Waals surface area contributed by atoms with Crippen LogP contribution in [-0.2, 0) is 32.1 Å². The normalized spacial score (nSPS) is 19.9. The quantitative estimate of drug-likeness (QED) is 0.167. The van der Waals surface area contributed by atoms with E-state index in [1.807, 2.05) is 0 Å². The molecule has 1 unspecified atom stereocenters. The zero-order valence-corrected chi connectivity index (χ0v) is 32.9. The smallest absolute Gasteiger partial charge is 0.409 e. The molecule has 1 aromatic rings. The molecule has 2 fully saturated rings. The average molecular weight is 748 g/mol. The Morgan fingerprint density at radius 1 is 0.660 bits per heavy atom. The second-order valence-electron chi connectivity index (χ2n) is 14.8. The number of esters is 1. The van der Waals surface area contributed by atoms with E-state index < -0.39 is 29.8 Å². The lowest BCUT2D eigenvalue weighted by atomic mass is 10.1. The van der Waals surface area contributed by atoms with E-state index in [2.05, 4.69) is 66.0 Å². The van der Waals surface area contributed by atoms with Crippen LogP contribution in [0.1, 0.15) is 57.6 Å². The lowest BCUT2D eigenvalue weighted by Gasteiger charge is -2.29. The zero-order valence-electron chi connectivity index (χ0n) is 32.9. The monoisotopic (exact) mass is 748 g/mol. The van der Waals surface area contributed by atoms with Crippen molar-refractivity contribution in [1.29, 1.82) is 0 Å². The molecule has 15 nitrogen and oxygen atoms in total. The summed E-state index contributed by atoms with van der Waals surface area (Å²) in [6, 6.07) is 7.78. The summed E-state index contributed by atoms with van der Waals surface area (Å²) in [5.74, 6) is -0.726. The third-order valence-electron chi connectivity index (χ3n) is 9.04. The van der Waals surface area contributed by atoms with Crippen molar-refractivity contribution in [3.63, 3.8) is 0 Å². The Bertz CT molecular complexity index is 1160. The number of nitrogens with zero attached hydrogens (tertiary/aromatic N) is 3. The fourth-order valence-electron chi connectivity index (χ4n) is 6.17. The molecule has 0 spiro atoms. The number of carbonyl (C=O) groups is 3. The first-order valence-electron chi connectivity index (χ1n) is 19.7. The van der Waals surface area contributed by atoms with Crippen LogP contribution in [0.3, 0.4) is 0 Å². The van der Waals surface area contributed by atoms with Crippen LogP contribution in [0.25, 0.3) is 0 Å². The first kappa shape index (κ1) is 44.3. The molecule has 0 aliphatic carbocycles. The largest absolute Gasteiger partial charge is 0.467 e. The van der Waals surface area contributed by atoms with Gasteiger partial charge >= 0.3 is 18.2 Å². The summed E-state index contributed by atoms with van der Waals surface area (Å²) in [6.45, 7) is 20.6. The van der Waals surface area contributed by atoms with Crippen LogP contribution >= 0.6 is 0 Å². The van der Waals surface area contributed by atoms with E-state index in [1.54, 1.807) is 25.7 Å². The molecule has 2 amide bonds. The second-order valence-corrected chi connectivity index (χ2v) is 14.8. The Morgan fingerprint density at radius 2 is 1.15 bits per heavy atom. The lowest BCUT2D eigenvalue weighted by Crippen LogP contribution is -2.48. The van der Waals surface area contributed by atoms with Gasteiger partial charge in [0.25, 0.3) is 0 Å². The topological polar surface area (TPSA) is 161 Å². The van der Waals surface area contributed by atoms with Gasteiger partial charge < -0.3 is 51.0 Å². The van der Waals surface area contributed by atoms with Gasteiger partial charge in [-0.2, -0.15) is 0 Å². The van der Waals surface area contributed by atoms with Crippen LogP contribution in [0, 0.1) is 0 Å². The van der Waals surface area contributed by atoms with Crippen LogP contribution in [-0.4, -0.2) is 163 Å². The molecule has 302 valence electrons. The fraction of sp³-hybridized carbons (Fsp3) is 0.763. The predicted molar refractivity (Wildman–Crippen MR) is 208 cm³/mol. The van der Waals surface area contributed by atoms with Gasteiger partial charge in [-0.1, -0.05) is 24.3 Å². The number of ether oxygens (including phenoxy) is 3. The maximum absolute atomic E-state index is 13.4. The van der Waals surface area contributed by atoms with Crippen molar-refractivity contribution in [2.45, 2.75) is 71.2 Å². The molecule has 0 radical (unpaired) electrons. The van der Waals surface area contributed by atoms with E-state index in [9.17, 15) is 14.4 Å². The zero-order chi connectivity index (χ0) is 38.2. The highest BCUT2D eigenvalue weighted by Crippen LogP contribution is 2.12. The summed E-state index contributed by atoms with van der Waals surface area (Å²) in [5, 5.41) is 20.1. The highest BCUT2D eigenvalue weighted by molar-refractivity contribution is 5.82. The standard InChI is InChI=1S/C38H69N9O6/c1-38(2,3)53-36(49)44-34(35(48)51-4)31-52-37(50)47-25-8-17-42-21-20-41-16-7-24-46(27-28-47)30-33-11-9-32(10-12-33)29-45-23-6-15-40-19-18-39-13-5-14-43-22-26-45/h9-12,34,39-43H,5-8,13-31H2,1-4H3,(H,44,49). The van der Waals surface area contributed by atoms with E-state index in [4.69, 9.17) is 14.2 Å². The van der Waals surface area contributed by atoms with E-state index in [0.717, 1.165) is 124 Å². The Kier molecular flexibility index (Phi) is 21.7. The molecule has 2 aliphatic heterocycles. The molecule has 1 aromatic carbocycles. The molecular formula is C38H69N9O6. The van der Waals surface area contributed by atoms with Gasteiger partial charge in [0.15, 0.2) is 6.04 Å². The molecule has 2 heterocycles. The summed E-state index contributed by atoms with van der Waals surface area (Å²) in [6.07, 6.45) is 2.65. The van der Waals surface area contributed by atoms with E-state index in [1.165, 1.54) is 18.2 Å². The van der Waals surface area contributed by atoms with Gasteiger partial charge in [0.1, 0.15) is 12.2 Å². The third-order valence-corrected chi connectivity index (χ3v) is 9.04. The van der Waals surface area contributed by atoms with Gasteiger partial charge in [-0.25, -0.2) is 14.4 Å². The van der Waals surface area contributed by atoms with E-state index >= 15 is 0 Å². The summed E-state index contributed by atoms with van der Waals surface area (Å²) in [7, 11) is 1.22. The number of amides is 2. The lowest BCUT2D eigenvalue weighted by molar-refractivity contribution is -0.144. The number of hydrogen-bond donors (Lipinski definition) is 6. The summed E-state index contributed by atoms with van der Waals surface area (Å²) >= 11 is 0. The van der Waals surface area contributed by atoms with Crippen molar-refractivity contribution in [3.8, 4) is 0 Å². The van der Waals surface area contributed by atoms with Crippen LogP contribution in [0.4, 0.5) is 9.59 Å². The molecule has 1 atom stereocenters. The van der Waals surface area contributed by atoms with Gasteiger partial charge in [0, 0.05) is 72.0 Å². The molecule has 15 heteroatoms. The highest BCUT2D eigenvalue weighted by atomic mass is 16.6. The number of nitrogens with one attached hydrogen (secondary N) is 6. The minimum Gasteiger partial charge on any atom is -0.467 e. The first-order chi connectivity index (χ1) is 25.6.